The number of hydrogen-bond acceptors (Lipinski definition) is 5. The van der Waals surface area contributed by atoms with Gasteiger partial charge in [-0.25, -0.2) is 4.79 Å². The zero-order chi connectivity index (χ0) is 13.5. The molecule has 0 amide bonds. The lowest BCUT2D eigenvalue weighted by Crippen LogP contribution is -2.19. The van der Waals surface area contributed by atoms with E-state index in [1.165, 1.54) is 7.11 Å². The Morgan fingerprint density at radius 3 is 2.94 bits per heavy atom. The van der Waals surface area contributed by atoms with Crippen LogP contribution in [0.1, 0.15) is 41.6 Å². The molecule has 1 aromatic heterocycles. The van der Waals surface area contributed by atoms with Crippen LogP contribution in [-0.2, 0) is 11.3 Å². The summed E-state index contributed by atoms with van der Waals surface area (Å²) in [5, 5.41) is 12.5. The zero-order valence-corrected chi connectivity index (χ0v) is 11.2. The first-order valence-corrected chi connectivity index (χ1v) is 6.14. The minimum atomic E-state index is -0.385. The summed E-state index contributed by atoms with van der Waals surface area (Å²) in [5.41, 5.74) is 0.461. The maximum Gasteiger partial charge on any atom is 0.341 e. The molecule has 1 unspecified atom stereocenters. The first kappa shape index (κ1) is 14.7. The largest absolute Gasteiger partial charge is 0.465 e. The summed E-state index contributed by atoms with van der Waals surface area (Å²) in [4.78, 5) is 11.4. The number of methoxy groups -OCH3 is 1. The third kappa shape index (κ3) is 4.16. The summed E-state index contributed by atoms with van der Waals surface area (Å²) in [6.07, 6.45) is 1.20. The van der Waals surface area contributed by atoms with Crippen LogP contribution in [0.5, 0.6) is 0 Å². The summed E-state index contributed by atoms with van der Waals surface area (Å²) in [6.45, 7) is 4.93. The number of furan rings is 1. The first-order valence-electron chi connectivity index (χ1n) is 6.14. The van der Waals surface area contributed by atoms with Crippen LogP contribution in [0.2, 0.25) is 0 Å². The molecular formula is C13H21NO4. The molecule has 1 aromatic rings. The van der Waals surface area contributed by atoms with E-state index in [4.69, 9.17) is 4.42 Å². The van der Waals surface area contributed by atoms with E-state index in [2.05, 4.69) is 10.1 Å². The molecule has 102 valence electrons. The fourth-order valence-corrected chi connectivity index (χ4v) is 1.63. The van der Waals surface area contributed by atoms with Crippen molar-refractivity contribution in [2.45, 2.75) is 39.3 Å². The average molecular weight is 255 g/mol. The van der Waals surface area contributed by atoms with Crippen molar-refractivity contribution in [2.24, 2.45) is 0 Å². The predicted molar refractivity (Wildman–Crippen MR) is 67.4 cm³/mol. The van der Waals surface area contributed by atoms with Crippen molar-refractivity contribution in [3.05, 3.63) is 23.2 Å². The third-order valence-corrected chi connectivity index (χ3v) is 2.80. The summed E-state index contributed by atoms with van der Waals surface area (Å²) in [5.74, 6) is 0.870. The van der Waals surface area contributed by atoms with Crippen LogP contribution >= 0.6 is 0 Å². The normalized spacial score (nSPS) is 12.4. The monoisotopic (exact) mass is 255 g/mol. The minimum Gasteiger partial charge on any atom is -0.465 e. The Kier molecular flexibility index (Phi) is 5.88. The fourth-order valence-electron chi connectivity index (χ4n) is 1.63. The van der Waals surface area contributed by atoms with Gasteiger partial charge >= 0.3 is 5.97 Å². The highest BCUT2D eigenvalue weighted by atomic mass is 16.5. The van der Waals surface area contributed by atoms with E-state index in [-0.39, 0.29) is 12.1 Å². The fraction of sp³-hybridized carbons (Fsp3) is 0.615. The van der Waals surface area contributed by atoms with E-state index in [1.807, 2.05) is 6.92 Å². The summed E-state index contributed by atoms with van der Waals surface area (Å²) >= 11 is 0. The van der Waals surface area contributed by atoms with Crippen molar-refractivity contribution in [3.8, 4) is 0 Å². The van der Waals surface area contributed by atoms with Crippen LogP contribution in [0.3, 0.4) is 0 Å². The van der Waals surface area contributed by atoms with Crippen LogP contribution < -0.4 is 5.32 Å². The van der Waals surface area contributed by atoms with Crippen molar-refractivity contribution in [1.29, 1.82) is 0 Å². The van der Waals surface area contributed by atoms with Gasteiger partial charge in [-0.1, -0.05) is 6.92 Å². The number of nitrogens with one attached hydrogen (secondary N) is 1. The lowest BCUT2D eigenvalue weighted by Gasteiger charge is -2.07. The molecule has 1 rings (SSSR count). The molecule has 0 aromatic carbocycles. The molecule has 0 bridgehead atoms. The number of aryl methyl sites for hydroxylation is 1. The van der Waals surface area contributed by atoms with Gasteiger partial charge < -0.3 is 19.6 Å². The molecule has 18 heavy (non-hydrogen) atoms. The van der Waals surface area contributed by atoms with Gasteiger partial charge in [0.25, 0.3) is 0 Å². The maximum absolute atomic E-state index is 11.4. The molecule has 0 aliphatic carbocycles. The molecule has 0 saturated heterocycles. The number of hydrogen-bond donors (Lipinski definition) is 2. The number of ether oxygens (including phenoxy) is 1. The summed E-state index contributed by atoms with van der Waals surface area (Å²) in [7, 11) is 1.35. The number of carbonyl (C=O) groups is 1. The second kappa shape index (κ2) is 7.18. The average Bonchev–Trinajstić information content (AvgIpc) is 2.74. The van der Waals surface area contributed by atoms with E-state index < -0.39 is 0 Å². The Balaban J connectivity index is 2.42. The second-order valence-electron chi connectivity index (χ2n) is 4.20. The van der Waals surface area contributed by atoms with Gasteiger partial charge in [0.2, 0.25) is 0 Å². The molecule has 0 spiro atoms. The topological polar surface area (TPSA) is 71.7 Å². The van der Waals surface area contributed by atoms with Gasteiger partial charge in [-0.2, -0.15) is 0 Å². The SMILES string of the molecule is CCC(O)CCNCc1cc(C(=O)OC)c(C)o1. The molecule has 1 heterocycles. The number of esters is 1. The van der Waals surface area contributed by atoms with Gasteiger partial charge in [-0.05, 0) is 32.4 Å². The molecule has 0 saturated carbocycles. The molecular weight excluding hydrogens is 234 g/mol. The Morgan fingerprint density at radius 1 is 1.61 bits per heavy atom. The van der Waals surface area contributed by atoms with Crippen molar-refractivity contribution in [2.75, 3.05) is 13.7 Å². The van der Waals surface area contributed by atoms with Gasteiger partial charge in [-0.15, -0.1) is 0 Å². The third-order valence-electron chi connectivity index (χ3n) is 2.80. The highest BCUT2D eigenvalue weighted by Gasteiger charge is 2.14. The summed E-state index contributed by atoms with van der Waals surface area (Å²) < 4.78 is 10.1. The maximum atomic E-state index is 11.4. The molecule has 5 heteroatoms. The van der Waals surface area contributed by atoms with Gasteiger partial charge in [0.1, 0.15) is 17.1 Å². The van der Waals surface area contributed by atoms with Crippen LogP contribution in [0, 0.1) is 6.92 Å². The van der Waals surface area contributed by atoms with E-state index in [0.29, 0.717) is 36.6 Å². The Morgan fingerprint density at radius 2 is 2.33 bits per heavy atom. The molecule has 1 atom stereocenters. The van der Waals surface area contributed by atoms with E-state index in [1.54, 1.807) is 13.0 Å². The predicted octanol–water partition coefficient (Wildman–Crippen LogP) is 1.63. The molecule has 0 fully saturated rings. The Bertz CT molecular complexity index is 386. The minimum absolute atomic E-state index is 0.263. The molecule has 0 radical (unpaired) electrons. The standard InChI is InChI=1S/C13H21NO4/c1-4-10(15)5-6-14-8-11-7-12(9(2)18-11)13(16)17-3/h7,10,14-15H,4-6,8H2,1-3H3. The van der Waals surface area contributed by atoms with Crippen molar-refractivity contribution in [3.63, 3.8) is 0 Å². The van der Waals surface area contributed by atoms with Crippen LogP contribution in [0.25, 0.3) is 0 Å². The quantitative estimate of drug-likeness (QED) is 0.572. The van der Waals surface area contributed by atoms with E-state index in [0.717, 1.165) is 6.42 Å². The number of rotatable bonds is 7. The smallest absolute Gasteiger partial charge is 0.341 e. The van der Waals surface area contributed by atoms with Gasteiger partial charge in [0.05, 0.1) is 19.8 Å². The van der Waals surface area contributed by atoms with Crippen molar-refractivity contribution >= 4 is 5.97 Å². The van der Waals surface area contributed by atoms with Gasteiger partial charge in [-0.3, -0.25) is 0 Å². The number of aliphatic hydroxyl groups excluding tert-OH is 1. The molecule has 0 aliphatic heterocycles. The molecule has 0 aliphatic rings. The number of carbonyl (C=O) groups excluding carboxylic acids is 1. The van der Waals surface area contributed by atoms with Gasteiger partial charge in [0, 0.05) is 0 Å². The lowest BCUT2D eigenvalue weighted by molar-refractivity contribution is 0.0599. The second-order valence-corrected chi connectivity index (χ2v) is 4.20. The highest BCUT2D eigenvalue weighted by molar-refractivity contribution is 5.90. The number of aliphatic hydroxyl groups is 1. The lowest BCUT2D eigenvalue weighted by atomic mass is 10.2. The Labute approximate surface area is 107 Å². The Hall–Kier alpha value is -1.33. The zero-order valence-electron chi connectivity index (χ0n) is 11.2. The molecule has 5 nitrogen and oxygen atoms in total. The molecule has 2 N–H and O–H groups in total. The highest BCUT2D eigenvalue weighted by Crippen LogP contribution is 2.15. The van der Waals surface area contributed by atoms with Crippen LogP contribution in [-0.4, -0.2) is 30.8 Å². The van der Waals surface area contributed by atoms with Crippen LogP contribution in [0.15, 0.2) is 10.5 Å². The van der Waals surface area contributed by atoms with E-state index >= 15 is 0 Å². The first-order chi connectivity index (χ1) is 8.58. The van der Waals surface area contributed by atoms with Gasteiger partial charge in [0.15, 0.2) is 0 Å². The van der Waals surface area contributed by atoms with Crippen molar-refractivity contribution in [1.82, 2.24) is 5.32 Å². The summed E-state index contributed by atoms with van der Waals surface area (Å²) in [6, 6.07) is 1.68. The van der Waals surface area contributed by atoms with Crippen LogP contribution in [0.4, 0.5) is 0 Å². The van der Waals surface area contributed by atoms with Crippen molar-refractivity contribution < 1.29 is 19.1 Å². The van der Waals surface area contributed by atoms with E-state index in [9.17, 15) is 9.90 Å².